The van der Waals surface area contributed by atoms with E-state index in [0.29, 0.717) is 6.54 Å². The molecule has 1 heterocycles. The molecule has 0 saturated carbocycles. The van der Waals surface area contributed by atoms with Crippen molar-refractivity contribution in [2.24, 2.45) is 10.2 Å². The smallest absolute Gasteiger partial charge is 0.152 e. The molecule has 2 aromatic rings. The first kappa shape index (κ1) is 32.6. The van der Waals surface area contributed by atoms with Crippen LogP contribution in [-0.2, 0) is 12.8 Å². The summed E-state index contributed by atoms with van der Waals surface area (Å²) in [4.78, 5) is 15.0. The third-order valence-corrected chi connectivity index (χ3v) is 5.68. The third-order valence-electron chi connectivity index (χ3n) is 5.68. The molecule has 2 aromatic carbocycles. The van der Waals surface area contributed by atoms with Crippen LogP contribution >= 0.6 is 0 Å². The second-order valence-corrected chi connectivity index (χ2v) is 8.82. The molecule has 0 spiro atoms. The molecular weight excluding hydrogens is 475 g/mol. The van der Waals surface area contributed by atoms with E-state index < -0.39 is 5.82 Å². The maximum atomic E-state index is 13.0. The minimum absolute atomic E-state index is 0.0911. The van der Waals surface area contributed by atoms with E-state index in [2.05, 4.69) is 78.5 Å². The minimum atomic E-state index is -0.548. The monoisotopic (exact) mass is 520 g/mol. The van der Waals surface area contributed by atoms with Crippen molar-refractivity contribution in [3.63, 3.8) is 0 Å². The number of aryl methyl sites for hydroxylation is 2. The number of hydrogen-bond donors (Lipinski definition) is 2. The number of nitrogens with zero attached hydrogens (tertiary/aromatic N) is 2. The van der Waals surface area contributed by atoms with Crippen LogP contribution in [0.4, 0.5) is 10.1 Å². The molecule has 38 heavy (non-hydrogen) atoms. The average Bonchev–Trinajstić information content (AvgIpc) is 3.03. The summed E-state index contributed by atoms with van der Waals surface area (Å²) in [6.07, 6.45) is 11.2. The molecule has 2 N–H and O–H groups in total. The predicted molar refractivity (Wildman–Crippen MR) is 162 cm³/mol. The van der Waals surface area contributed by atoms with Gasteiger partial charge in [0.2, 0.25) is 0 Å². The highest BCUT2D eigenvalue weighted by Gasteiger charge is 2.05. The molecule has 0 amide bonds. The fourth-order valence-electron chi connectivity index (χ4n) is 3.54. The first-order chi connectivity index (χ1) is 18.5. The van der Waals surface area contributed by atoms with E-state index in [1.54, 1.807) is 6.07 Å². The fraction of sp³-hybridized carbons (Fsp3) is 0.406. The molecule has 0 aromatic heterocycles. The molecule has 206 valence electrons. The van der Waals surface area contributed by atoms with Crippen molar-refractivity contribution < 1.29 is 4.39 Å². The Morgan fingerprint density at radius 2 is 1.76 bits per heavy atom. The van der Waals surface area contributed by atoms with Crippen LogP contribution in [-0.4, -0.2) is 25.5 Å². The lowest BCUT2D eigenvalue weighted by Crippen LogP contribution is -2.23. The van der Waals surface area contributed by atoms with Gasteiger partial charge in [-0.25, -0.2) is 4.39 Å². The third kappa shape index (κ3) is 12.7. The summed E-state index contributed by atoms with van der Waals surface area (Å²) in [6.45, 7) is 17.1. The van der Waals surface area contributed by atoms with Crippen molar-refractivity contribution in [2.75, 3.05) is 19.6 Å². The van der Waals surface area contributed by atoms with Crippen LogP contribution < -0.4 is 10.6 Å². The topological polar surface area (TPSA) is 65.8 Å². The summed E-state index contributed by atoms with van der Waals surface area (Å²) in [5.74, 6) is 0.334. The number of aliphatic imine (C=N–C) groups is 1. The summed E-state index contributed by atoms with van der Waals surface area (Å²) < 4.78 is 13.0. The Labute approximate surface area is 229 Å². The number of halogens is 1. The van der Waals surface area contributed by atoms with E-state index in [1.807, 2.05) is 26.0 Å². The normalized spacial score (nSPS) is 14.9. The molecule has 0 radical (unpaired) electrons. The summed E-state index contributed by atoms with van der Waals surface area (Å²) in [7, 11) is 0. The van der Waals surface area contributed by atoms with Crippen LogP contribution in [0.5, 0.6) is 0 Å². The summed E-state index contributed by atoms with van der Waals surface area (Å²) in [5.41, 5.74) is 5.39. The van der Waals surface area contributed by atoms with Gasteiger partial charge in [-0.2, -0.15) is 0 Å². The first-order valence-electron chi connectivity index (χ1n) is 13.7. The Hall–Kier alpha value is -3.38. The van der Waals surface area contributed by atoms with Crippen molar-refractivity contribution in [2.45, 2.75) is 66.7 Å². The van der Waals surface area contributed by atoms with Gasteiger partial charge in [-0.1, -0.05) is 82.3 Å². The molecule has 0 saturated heterocycles. The highest BCUT2D eigenvalue weighted by molar-refractivity contribution is 6.00. The van der Waals surface area contributed by atoms with Crippen LogP contribution in [0.3, 0.4) is 0 Å². The number of unbranched alkanes of at least 4 members (excludes halogenated alkanes) is 1. The van der Waals surface area contributed by atoms with Gasteiger partial charge in [-0.15, -0.1) is 4.91 Å². The van der Waals surface area contributed by atoms with Crippen LogP contribution in [0, 0.1) is 10.7 Å². The quantitative estimate of drug-likeness (QED) is 0.245. The molecular formula is C32H45FN4O. The molecule has 1 aliphatic rings. The van der Waals surface area contributed by atoms with Crippen molar-refractivity contribution >= 4 is 11.5 Å². The van der Waals surface area contributed by atoms with Gasteiger partial charge in [-0.05, 0) is 86.6 Å². The summed E-state index contributed by atoms with van der Waals surface area (Å²) in [6, 6.07) is 13.1. The zero-order valence-electron chi connectivity index (χ0n) is 23.8. The molecule has 0 fully saturated rings. The summed E-state index contributed by atoms with van der Waals surface area (Å²) >= 11 is 0. The SMILES string of the molecule is C=C1/C=C\C=C(\C)CN=C(c2ccc(CC)cc2)N1.CC.CCCNCCCCc1ccc(F)c(N=O)c1. The van der Waals surface area contributed by atoms with Gasteiger partial charge >= 0.3 is 0 Å². The Morgan fingerprint density at radius 3 is 2.42 bits per heavy atom. The summed E-state index contributed by atoms with van der Waals surface area (Å²) in [5, 5.41) is 9.26. The van der Waals surface area contributed by atoms with Crippen molar-refractivity contribution in [3.8, 4) is 0 Å². The van der Waals surface area contributed by atoms with E-state index in [4.69, 9.17) is 0 Å². The minimum Gasteiger partial charge on any atom is -0.341 e. The average molecular weight is 521 g/mol. The van der Waals surface area contributed by atoms with Crippen molar-refractivity contribution in [1.29, 1.82) is 0 Å². The number of benzene rings is 2. The molecule has 1 aliphatic heterocycles. The maximum absolute atomic E-state index is 13.0. The maximum Gasteiger partial charge on any atom is 0.152 e. The van der Waals surface area contributed by atoms with Gasteiger partial charge in [0, 0.05) is 11.3 Å². The number of allylic oxidation sites excluding steroid dienone is 3. The van der Waals surface area contributed by atoms with E-state index >= 15 is 0 Å². The highest BCUT2D eigenvalue weighted by atomic mass is 19.1. The van der Waals surface area contributed by atoms with Crippen LogP contribution in [0.15, 0.2) is 88.7 Å². The van der Waals surface area contributed by atoms with Crippen LogP contribution in [0.25, 0.3) is 0 Å². The molecule has 0 atom stereocenters. The van der Waals surface area contributed by atoms with E-state index in [-0.39, 0.29) is 5.69 Å². The van der Waals surface area contributed by atoms with Gasteiger partial charge in [-0.3, -0.25) is 4.99 Å². The van der Waals surface area contributed by atoms with Crippen LogP contribution in [0.2, 0.25) is 0 Å². The van der Waals surface area contributed by atoms with Crippen LogP contribution in [0.1, 0.15) is 70.6 Å². The Bertz CT molecular complexity index is 1070. The molecule has 5 nitrogen and oxygen atoms in total. The predicted octanol–water partition coefficient (Wildman–Crippen LogP) is 8.19. The highest BCUT2D eigenvalue weighted by Crippen LogP contribution is 2.20. The molecule has 0 unspecified atom stereocenters. The molecule has 0 aliphatic carbocycles. The van der Waals surface area contributed by atoms with E-state index in [0.717, 1.165) is 67.9 Å². The lowest BCUT2D eigenvalue weighted by Gasteiger charge is -2.10. The Balaban J connectivity index is 0.000000359. The van der Waals surface area contributed by atoms with E-state index in [9.17, 15) is 9.30 Å². The van der Waals surface area contributed by atoms with E-state index in [1.165, 1.54) is 23.3 Å². The second-order valence-electron chi connectivity index (χ2n) is 8.82. The Kier molecular flexibility index (Phi) is 16.9. The lowest BCUT2D eigenvalue weighted by molar-refractivity contribution is 0.614. The van der Waals surface area contributed by atoms with Gasteiger partial charge < -0.3 is 10.6 Å². The number of nitroso groups, excluding NO2 is 1. The Morgan fingerprint density at radius 1 is 1.05 bits per heavy atom. The largest absolute Gasteiger partial charge is 0.341 e. The van der Waals surface area contributed by atoms with Gasteiger partial charge in [0.15, 0.2) is 5.82 Å². The van der Waals surface area contributed by atoms with Crippen molar-refractivity contribution in [3.05, 3.63) is 106 Å². The zero-order chi connectivity index (χ0) is 28.2. The number of nitrogens with one attached hydrogen (secondary N) is 2. The molecule has 6 heteroatoms. The first-order valence-corrected chi connectivity index (χ1v) is 13.7. The number of amidine groups is 1. The lowest BCUT2D eigenvalue weighted by atomic mass is 10.1. The fourth-order valence-corrected chi connectivity index (χ4v) is 3.54. The van der Waals surface area contributed by atoms with Gasteiger partial charge in [0.25, 0.3) is 0 Å². The number of hydrogen-bond acceptors (Lipinski definition) is 5. The molecule has 3 rings (SSSR count). The molecule has 0 bridgehead atoms. The second kappa shape index (κ2) is 19.7. The van der Waals surface area contributed by atoms with Crippen molar-refractivity contribution in [1.82, 2.24) is 10.6 Å². The standard InChI is InChI=1S/C17H20N2.C13H19FN2O.C2H6/c1-4-15-8-10-16(11-9-15)17-18-12-13(2)6-5-7-14(3)19-17;1-2-8-15-9-4-3-5-11-6-7-12(14)13(10-11)16-17;1-2/h5-11H,3-4,12H2,1-2H3,(H,18,19);6-7,10,15H,2-5,8-9H2,1H3;1-2H3/b7-5-,13-6-;;. The van der Waals surface area contributed by atoms with Gasteiger partial charge in [0.1, 0.15) is 11.5 Å². The zero-order valence-corrected chi connectivity index (χ0v) is 23.8. The number of rotatable bonds is 10. The van der Waals surface area contributed by atoms with Gasteiger partial charge in [0.05, 0.1) is 6.54 Å².